The molecule has 114 valence electrons. The molecule has 1 N–H and O–H groups in total. The molecule has 0 aliphatic rings. The minimum atomic E-state index is -0.315. The van der Waals surface area contributed by atoms with Crippen molar-refractivity contribution in [3.8, 4) is 0 Å². The molecule has 4 aromatic rings. The van der Waals surface area contributed by atoms with Crippen molar-refractivity contribution in [3.05, 3.63) is 76.0 Å². The van der Waals surface area contributed by atoms with Gasteiger partial charge in [-0.25, -0.2) is 4.39 Å². The Hall–Kier alpha value is -2.95. The Balaban J connectivity index is 1.85. The van der Waals surface area contributed by atoms with E-state index in [1.54, 1.807) is 16.8 Å². The highest BCUT2D eigenvalue weighted by Gasteiger charge is 2.09. The lowest BCUT2D eigenvalue weighted by atomic mass is 10.0. The van der Waals surface area contributed by atoms with Crippen molar-refractivity contribution in [1.82, 2.24) is 14.8 Å². The summed E-state index contributed by atoms with van der Waals surface area (Å²) in [5, 5.41) is 6.10. The van der Waals surface area contributed by atoms with Crippen LogP contribution in [-0.2, 0) is 13.5 Å². The van der Waals surface area contributed by atoms with Gasteiger partial charge in [0.1, 0.15) is 5.82 Å². The molecular formula is C18H14FN3O. The van der Waals surface area contributed by atoms with Crippen molar-refractivity contribution in [2.45, 2.75) is 6.42 Å². The van der Waals surface area contributed by atoms with Crippen molar-refractivity contribution in [2.24, 2.45) is 7.05 Å². The Morgan fingerprint density at radius 2 is 2.04 bits per heavy atom. The highest BCUT2D eigenvalue weighted by atomic mass is 19.1. The van der Waals surface area contributed by atoms with Crippen LogP contribution in [0.5, 0.6) is 0 Å². The van der Waals surface area contributed by atoms with Gasteiger partial charge in [-0.2, -0.15) is 5.10 Å². The zero-order chi connectivity index (χ0) is 16.0. The fourth-order valence-corrected chi connectivity index (χ4v) is 2.93. The van der Waals surface area contributed by atoms with E-state index in [1.165, 1.54) is 12.1 Å². The second kappa shape index (κ2) is 5.05. The molecule has 2 heterocycles. The second-order valence-electron chi connectivity index (χ2n) is 5.68. The van der Waals surface area contributed by atoms with Gasteiger partial charge in [0.25, 0.3) is 5.56 Å². The van der Waals surface area contributed by atoms with E-state index in [1.807, 2.05) is 31.4 Å². The Morgan fingerprint density at radius 3 is 2.91 bits per heavy atom. The molecule has 0 saturated heterocycles. The molecule has 4 rings (SSSR count). The molecule has 0 atom stereocenters. The Kier molecular flexibility index (Phi) is 3.01. The van der Waals surface area contributed by atoms with Gasteiger partial charge in [0.15, 0.2) is 0 Å². The van der Waals surface area contributed by atoms with Gasteiger partial charge in [-0.05, 0) is 35.9 Å². The largest absolute Gasteiger partial charge is 0.322 e. The molecule has 2 aromatic carbocycles. The fraction of sp³-hybridized carbons (Fsp3) is 0.111. The molecule has 4 nitrogen and oxygen atoms in total. The summed E-state index contributed by atoms with van der Waals surface area (Å²) in [6.45, 7) is 0. The first-order valence-corrected chi connectivity index (χ1v) is 7.33. The Labute approximate surface area is 131 Å². The summed E-state index contributed by atoms with van der Waals surface area (Å²) in [6.07, 6.45) is 2.42. The first kappa shape index (κ1) is 13.7. The molecule has 0 fully saturated rings. The van der Waals surface area contributed by atoms with Crippen LogP contribution < -0.4 is 5.56 Å². The van der Waals surface area contributed by atoms with Gasteiger partial charge >= 0.3 is 0 Å². The average Bonchev–Trinajstić information content (AvgIpc) is 2.90. The lowest BCUT2D eigenvalue weighted by Gasteiger charge is -2.05. The third kappa shape index (κ3) is 2.40. The summed E-state index contributed by atoms with van der Waals surface area (Å²) in [4.78, 5) is 15.1. The SMILES string of the molecule is Cn1cc2c(Cc3cc4cc(F)ccc4[nH]c3=O)cccc2n1. The van der Waals surface area contributed by atoms with Gasteiger partial charge < -0.3 is 4.98 Å². The molecule has 0 aliphatic carbocycles. The van der Waals surface area contributed by atoms with Crippen molar-refractivity contribution in [2.75, 3.05) is 0 Å². The summed E-state index contributed by atoms with van der Waals surface area (Å²) in [5.41, 5.74) is 3.02. The van der Waals surface area contributed by atoms with Crippen LogP contribution in [0.4, 0.5) is 4.39 Å². The first-order valence-electron chi connectivity index (χ1n) is 7.33. The Bertz CT molecular complexity index is 1090. The molecule has 0 radical (unpaired) electrons. The summed E-state index contributed by atoms with van der Waals surface area (Å²) < 4.78 is 15.2. The van der Waals surface area contributed by atoms with Gasteiger partial charge in [-0.1, -0.05) is 12.1 Å². The van der Waals surface area contributed by atoms with Crippen LogP contribution in [0.1, 0.15) is 11.1 Å². The van der Waals surface area contributed by atoms with Crippen LogP contribution >= 0.6 is 0 Å². The molecule has 0 aliphatic heterocycles. The van der Waals surface area contributed by atoms with E-state index in [2.05, 4.69) is 10.1 Å². The number of nitrogens with zero attached hydrogens (tertiary/aromatic N) is 2. The molecule has 0 spiro atoms. The van der Waals surface area contributed by atoms with E-state index in [9.17, 15) is 9.18 Å². The number of aromatic nitrogens is 3. The van der Waals surface area contributed by atoms with E-state index in [0.717, 1.165) is 16.5 Å². The zero-order valence-electron chi connectivity index (χ0n) is 12.5. The lowest BCUT2D eigenvalue weighted by Crippen LogP contribution is -2.12. The van der Waals surface area contributed by atoms with Crippen LogP contribution in [0.2, 0.25) is 0 Å². The summed E-state index contributed by atoms with van der Waals surface area (Å²) >= 11 is 0. The van der Waals surface area contributed by atoms with Crippen molar-refractivity contribution >= 4 is 21.8 Å². The molecular weight excluding hydrogens is 293 g/mol. The standard InChI is InChI=1S/C18H14FN3O/c1-22-10-15-11(3-2-4-17(15)21-22)7-13-8-12-9-14(19)5-6-16(12)20-18(13)23/h2-6,8-10H,7H2,1H3,(H,20,23). The topological polar surface area (TPSA) is 50.7 Å². The number of halogens is 1. The first-order chi connectivity index (χ1) is 11.1. The molecule has 0 unspecified atom stereocenters. The fourth-order valence-electron chi connectivity index (χ4n) is 2.93. The van der Waals surface area contributed by atoms with E-state index in [0.29, 0.717) is 22.9 Å². The van der Waals surface area contributed by atoms with Crippen LogP contribution in [0.3, 0.4) is 0 Å². The normalized spacial score (nSPS) is 11.4. The lowest BCUT2D eigenvalue weighted by molar-refractivity contribution is 0.629. The van der Waals surface area contributed by atoms with Gasteiger partial charge in [-0.3, -0.25) is 9.48 Å². The summed E-state index contributed by atoms with van der Waals surface area (Å²) in [6, 6.07) is 12.0. The van der Waals surface area contributed by atoms with Crippen molar-refractivity contribution < 1.29 is 4.39 Å². The molecule has 0 amide bonds. The number of H-pyrrole nitrogens is 1. The van der Waals surface area contributed by atoms with Gasteiger partial charge in [-0.15, -0.1) is 0 Å². The van der Waals surface area contributed by atoms with Crippen LogP contribution in [0.25, 0.3) is 21.8 Å². The van der Waals surface area contributed by atoms with Crippen LogP contribution in [0, 0.1) is 5.82 Å². The number of aromatic amines is 1. The maximum absolute atomic E-state index is 13.4. The number of hydrogen-bond donors (Lipinski definition) is 1. The third-order valence-electron chi connectivity index (χ3n) is 4.02. The number of pyridine rings is 1. The Morgan fingerprint density at radius 1 is 1.17 bits per heavy atom. The predicted molar refractivity (Wildman–Crippen MR) is 88.0 cm³/mol. The molecule has 0 bridgehead atoms. The number of benzene rings is 2. The predicted octanol–water partition coefficient (Wildman–Crippen LogP) is 3.14. The minimum absolute atomic E-state index is 0.148. The number of hydrogen-bond acceptors (Lipinski definition) is 2. The van der Waals surface area contributed by atoms with E-state index in [-0.39, 0.29) is 11.4 Å². The van der Waals surface area contributed by atoms with Gasteiger partial charge in [0.05, 0.1) is 5.52 Å². The molecule has 23 heavy (non-hydrogen) atoms. The van der Waals surface area contributed by atoms with Crippen molar-refractivity contribution in [3.63, 3.8) is 0 Å². The quantitative estimate of drug-likeness (QED) is 0.618. The van der Waals surface area contributed by atoms with E-state index >= 15 is 0 Å². The number of aryl methyl sites for hydroxylation is 1. The third-order valence-corrected chi connectivity index (χ3v) is 4.02. The second-order valence-corrected chi connectivity index (χ2v) is 5.68. The maximum Gasteiger partial charge on any atom is 0.251 e. The summed E-state index contributed by atoms with van der Waals surface area (Å²) in [5.74, 6) is -0.315. The highest BCUT2D eigenvalue weighted by molar-refractivity contribution is 5.83. The van der Waals surface area contributed by atoms with Gasteiger partial charge in [0.2, 0.25) is 0 Å². The van der Waals surface area contributed by atoms with Gasteiger partial charge in [0, 0.05) is 41.5 Å². The monoisotopic (exact) mass is 307 g/mol. The smallest absolute Gasteiger partial charge is 0.251 e. The molecule has 0 saturated carbocycles. The minimum Gasteiger partial charge on any atom is -0.322 e. The average molecular weight is 307 g/mol. The zero-order valence-corrected chi connectivity index (χ0v) is 12.5. The van der Waals surface area contributed by atoms with Crippen LogP contribution in [0.15, 0.2) is 53.5 Å². The molecule has 5 heteroatoms. The van der Waals surface area contributed by atoms with Crippen LogP contribution in [-0.4, -0.2) is 14.8 Å². The van der Waals surface area contributed by atoms with E-state index in [4.69, 9.17) is 0 Å². The highest BCUT2D eigenvalue weighted by Crippen LogP contribution is 2.20. The number of rotatable bonds is 2. The number of nitrogens with one attached hydrogen (secondary N) is 1. The van der Waals surface area contributed by atoms with E-state index < -0.39 is 0 Å². The summed E-state index contributed by atoms with van der Waals surface area (Å²) in [7, 11) is 1.87. The molecule has 2 aromatic heterocycles. The van der Waals surface area contributed by atoms with Crippen molar-refractivity contribution in [1.29, 1.82) is 0 Å². The number of fused-ring (bicyclic) bond motifs is 2. The maximum atomic E-state index is 13.4.